The number of carbonyl (C=O) groups excluding carboxylic acids is 2. The van der Waals surface area contributed by atoms with E-state index >= 15 is 0 Å². The Bertz CT molecular complexity index is 349. The van der Waals surface area contributed by atoms with E-state index in [0.29, 0.717) is 52.0 Å². The second-order valence-electron chi connectivity index (χ2n) is 4.86. The van der Waals surface area contributed by atoms with Crippen LogP contribution in [0.5, 0.6) is 0 Å². The lowest BCUT2D eigenvalue weighted by molar-refractivity contribution is -0.138. The van der Waals surface area contributed by atoms with Crippen LogP contribution in [0.1, 0.15) is 39.0 Å². The summed E-state index contributed by atoms with van der Waals surface area (Å²) in [5.41, 5.74) is 5.36. The maximum absolute atomic E-state index is 11.5. The third-order valence-electron chi connectivity index (χ3n) is 2.94. The number of carboxylic acid groups (broad SMARTS) is 1. The number of ether oxygens (including phenoxy) is 1. The van der Waals surface area contributed by atoms with E-state index in [4.69, 9.17) is 15.6 Å². The molecule has 0 fully saturated rings. The van der Waals surface area contributed by atoms with Crippen molar-refractivity contribution in [1.29, 1.82) is 0 Å². The highest BCUT2D eigenvalue weighted by Crippen LogP contribution is 1.98. The number of carbonyl (C=O) groups is 3. The van der Waals surface area contributed by atoms with Crippen LogP contribution in [0, 0.1) is 0 Å². The van der Waals surface area contributed by atoms with Crippen LogP contribution in [0.3, 0.4) is 0 Å². The van der Waals surface area contributed by atoms with E-state index < -0.39 is 12.0 Å². The third-order valence-corrected chi connectivity index (χ3v) is 2.94. The highest BCUT2D eigenvalue weighted by molar-refractivity contribution is 5.76. The van der Waals surface area contributed by atoms with Gasteiger partial charge in [0.05, 0.1) is 13.2 Å². The van der Waals surface area contributed by atoms with Crippen molar-refractivity contribution in [1.82, 2.24) is 10.6 Å². The number of amides is 2. The van der Waals surface area contributed by atoms with Crippen molar-refractivity contribution in [2.24, 2.45) is 5.73 Å². The molecule has 0 spiro atoms. The summed E-state index contributed by atoms with van der Waals surface area (Å²) in [6.45, 7) is 3.40. The highest BCUT2D eigenvalue weighted by atomic mass is 16.5. The van der Waals surface area contributed by atoms with Gasteiger partial charge in [-0.2, -0.15) is 0 Å². The lowest BCUT2D eigenvalue weighted by Crippen LogP contribution is -2.30. The fourth-order valence-corrected chi connectivity index (χ4v) is 1.58. The first kappa shape index (κ1) is 20.3. The van der Waals surface area contributed by atoms with Gasteiger partial charge >= 0.3 is 5.97 Å². The summed E-state index contributed by atoms with van der Waals surface area (Å²) in [4.78, 5) is 32.9. The van der Waals surface area contributed by atoms with E-state index in [2.05, 4.69) is 10.6 Å². The molecule has 1 unspecified atom stereocenters. The molecular formula is C14H27N3O5. The third kappa shape index (κ3) is 12.1. The quantitative estimate of drug-likeness (QED) is 0.342. The molecule has 5 N–H and O–H groups in total. The van der Waals surface area contributed by atoms with Crippen molar-refractivity contribution in [3.8, 4) is 0 Å². The molecule has 22 heavy (non-hydrogen) atoms. The zero-order valence-corrected chi connectivity index (χ0v) is 13.1. The minimum atomic E-state index is -1.00. The summed E-state index contributed by atoms with van der Waals surface area (Å²) in [5, 5.41) is 14.0. The Morgan fingerprint density at radius 1 is 1.09 bits per heavy atom. The molecule has 0 bridgehead atoms. The predicted octanol–water partition coefficient (Wildman–Crippen LogP) is -0.382. The molecule has 0 rings (SSSR count). The van der Waals surface area contributed by atoms with Crippen molar-refractivity contribution in [2.45, 2.75) is 45.1 Å². The SMILES string of the molecule is CCC(=O)NCCOCCC(=O)NCCCCC(N)C(=O)O. The summed E-state index contributed by atoms with van der Waals surface area (Å²) in [7, 11) is 0. The van der Waals surface area contributed by atoms with Crippen LogP contribution < -0.4 is 16.4 Å². The average molecular weight is 317 g/mol. The summed E-state index contributed by atoms with van der Waals surface area (Å²) in [6, 6.07) is -0.836. The smallest absolute Gasteiger partial charge is 0.320 e. The number of aliphatic carboxylic acids is 1. The number of nitrogens with one attached hydrogen (secondary N) is 2. The molecule has 0 aromatic heterocycles. The van der Waals surface area contributed by atoms with Gasteiger partial charge < -0.3 is 26.2 Å². The van der Waals surface area contributed by atoms with Crippen molar-refractivity contribution in [3.05, 3.63) is 0 Å². The molecular weight excluding hydrogens is 290 g/mol. The van der Waals surface area contributed by atoms with Gasteiger partial charge in [-0.15, -0.1) is 0 Å². The lowest BCUT2D eigenvalue weighted by Gasteiger charge is -2.08. The van der Waals surface area contributed by atoms with Crippen LogP contribution in [0.25, 0.3) is 0 Å². The summed E-state index contributed by atoms with van der Waals surface area (Å²) in [6.07, 6.45) is 2.45. The fraction of sp³-hybridized carbons (Fsp3) is 0.786. The molecule has 0 aromatic carbocycles. The van der Waals surface area contributed by atoms with Crippen LogP contribution in [0.15, 0.2) is 0 Å². The zero-order chi connectivity index (χ0) is 16.8. The molecule has 0 saturated heterocycles. The molecule has 0 saturated carbocycles. The van der Waals surface area contributed by atoms with E-state index in [1.807, 2.05) is 0 Å². The molecule has 0 aliphatic rings. The van der Waals surface area contributed by atoms with Gasteiger partial charge in [0.2, 0.25) is 11.8 Å². The van der Waals surface area contributed by atoms with Gasteiger partial charge in [0, 0.05) is 25.9 Å². The largest absolute Gasteiger partial charge is 0.480 e. The fourth-order valence-electron chi connectivity index (χ4n) is 1.58. The average Bonchev–Trinajstić information content (AvgIpc) is 2.49. The maximum Gasteiger partial charge on any atom is 0.320 e. The second kappa shape index (κ2) is 13.0. The van der Waals surface area contributed by atoms with Crippen molar-refractivity contribution < 1.29 is 24.2 Å². The first-order valence-electron chi connectivity index (χ1n) is 7.56. The van der Waals surface area contributed by atoms with E-state index in [-0.39, 0.29) is 18.2 Å². The summed E-state index contributed by atoms with van der Waals surface area (Å²) in [5.74, 6) is -1.14. The molecule has 8 nitrogen and oxygen atoms in total. The van der Waals surface area contributed by atoms with Crippen LogP contribution in [0.2, 0.25) is 0 Å². The van der Waals surface area contributed by atoms with Crippen LogP contribution in [0.4, 0.5) is 0 Å². The van der Waals surface area contributed by atoms with E-state index in [1.165, 1.54) is 0 Å². The molecule has 0 heterocycles. The van der Waals surface area contributed by atoms with Crippen LogP contribution in [-0.4, -0.2) is 55.2 Å². The number of hydrogen-bond acceptors (Lipinski definition) is 5. The molecule has 128 valence electrons. The molecule has 0 aliphatic heterocycles. The van der Waals surface area contributed by atoms with Crippen molar-refractivity contribution in [3.63, 3.8) is 0 Å². The van der Waals surface area contributed by atoms with E-state index in [0.717, 1.165) is 0 Å². The summed E-state index contributed by atoms with van der Waals surface area (Å²) < 4.78 is 5.23. The predicted molar refractivity (Wildman–Crippen MR) is 81.2 cm³/mol. The molecule has 2 amide bonds. The molecule has 8 heteroatoms. The topological polar surface area (TPSA) is 131 Å². The summed E-state index contributed by atoms with van der Waals surface area (Å²) >= 11 is 0. The zero-order valence-electron chi connectivity index (χ0n) is 13.1. The molecule has 0 aliphatic carbocycles. The van der Waals surface area contributed by atoms with Gasteiger partial charge in [-0.05, 0) is 19.3 Å². The highest BCUT2D eigenvalue weighted by Gasteiger charge is 2.10. The first-order valence-corrected chi connectivity index (χ1v) is 7.56. The Kier molecular flexibility index (Phi) is 12.0. The van der Waals surface area contributed by atoms with Gasteiger partial charge in [0.1, 0.15) is 6.04 Å². The van der Waals surface area contributed by atoms with Crippen molar-refractivity contribution >= 4 is 17.8 Å². The van der Waals surface area contributed by atoms with Crippen molar-refractivity contribution in [2.75, 3.05) is 26.3 Å². The molecule has 0 aromatic rings. The van der Waals surface area contributed by atoms with Crippen LogP contribution >= 0.6 is 0 Å². The van der Waals surface area contributed by atoms with Gasteiger partial charge in [-0.25, -0.2) is 0 Å². The van der Waals surface area contributed by atoms with Gasteiger partial charge in [-0.3, -0.25) is 14.4 Å². The first-order chi connectivity index (χ1) is 10.5. The van der Waals surface area contributed by atoms with Crippen LogP contribution in [-0.2, 0) is 19.1 Å². The Morgan fingerprint density at radius 3 is 2.41 bits per heavy atom. The Morgan fingerprint density at radius 2 is 1.77 bits per heavy atom. The Hall–Kier alpha value is -1.67. The number of rotatable bonds is 13. The van der Waals surface area contributed by atoms with E-state index in [9.17, 15) is 14.4 Å². The number of hydrogen-bond donors (Lipinski definition) is 4. The second-order valence-corrected chi connectivity index (χ2v) is 4.86. The van der Waals surface area contributed by atoms with Gasteiger partial charge in [0.15, 0.2) is 0 Å². The Balaban J connectivity index is 3.36. The Labute approximate surface area is 130 Å². The molecule has 0 radical (unpaired) electrons. The minimum absolute atomic E-state index is 0.0241. The normalized spacial score (nSPS) is 11.7. The minimum Gasteiger partial charge on any atom is -0.480 e. The standard InChI is InChI=1S/C14H27N3O5/c1-2-12(18)17-8-10-22-9-6-13(19)16-7-4-3-5-11(15)14(20)21/h11H,2-10,15H2,1H3,(H,16,19)(H,17,18)(H,20,21). The van der Waals surface area contributed by atoms with Gasteiger partial charge in [0.25, 0.3) is 0 Å². The number of carboxylic acids is 1. The lowest BCUT2D eigenvalue weighted by atomic mass is 10.1. The maximum atomic E-state index is 11.5. The number of unbranched alkanes of at least 4 members (excludes halogenated alkanes) is 1. The monoisotopic (exact) mass is 317 g/mol. The van der Waals surface area contributed by atoms with E-state index in [1.54, 1.807) is 6.92 Å². The molecule has 1 atom stereocenters. The van der Waals surface area contributed by atoms with Gasteiger partial charge in [-0.1, -0.05) is 6.92 Å². The number of nitrogens with two attached hydrogens (primary N) is 1.